The molecule has 16 heteroatoms. The van der Waals surface area contributed by atoms with Crippen LogP contribution in [0.4, 0.5) is 29.1 Å². The van der Waals surface area contributed by atoms with E-state index in [1.165, 1.54) is 30.0 Å². The number of aliphatic carboxylic acids is 1. The zero-order chi connectivity index (χ0) is 31.3. The number of benzene rings is 1. The molecular weight excluding hydrogens is 574 g/mol. The summed E-state index contributed by atoms with van der Waals surface area (Å²) in [6.07, 6.45) is -2.30. The molecule has 0 aliphatic rings. The van der Waals surface area contributed by atoms with Gasteiger partial charge in [-0.1, -0.05) is 6.07 Å². The van der Waals surface area contributed by atoms with Gasteiger partial charge in [-0.3, -0.25) is 9.40 Å². The first kappa shape index (κ1) is 33.0. The van der Waals surface area contributed by atoms with Crippen LogP contribution in [0.2, 0.25) is 0 Å². The van der Waals surface area contributed by atoms with E-state index < -0.39 is 34.0 Å². The van der Waals surface area contributed by atoms with Gasteiger partial charge < -0.3 is 15.1 Å². The Morgan fingerprint density at radius 3 is 2.24 bits per heavy atom. The van der Waals surface area contributed by atoms with E-state index in [0.717, 1.165) is 30.3 Å². The molecule has 0 bridgehead atoms. The topological polar surface area (TPSA) is 155 Å². The van der Waals surface area contributed by atoms with E-state index in [1.54, 1.807) is 18.9 Å². The Balaban J connectivity index is 0.000000745. The van der Waals surface area contributed by atoms with Crippen molar-refractivity contribution in [3.8, 4) is 0 Å². The van der Waals surface area contributed by atoms with E-state index >= 15 is 0 Å². The first-order chi connectivity index (χ1) is 18.8. The molecule has 0 aliphatic heterocycles. The van der Waals surface area contributed by atoms with Crippen LogP contribution in [-0.4, -0.2) is 65.1 Å². The number of nitrogens with one attached hydrogen (secondary N) is 1. The summed E-state index contributed by atoms with van der Waals surface area (Å²) in [6, 6.07) is 4.65. The third kappa shape index (κ3) is 8.64. The molecule has 0 spiro atoms. The summed E-state index contributed by atoms with van der Waals surface area (Å²) in [5.41, 5.74) is 3.41. The summed E-state index contributed by atoms with van der Waals surface area (Å²) in [5.74, 6) is -4.47. The summed E-state index contributed by atoms with van der Waals surface area (Å²) in [7, 11) is -0.508. The van der Waals surface area contributed by atoms with E-state index in [1.807, 2.05) is 25.6 Å². The predicted molar refractivity (Wildman–Crippen MR) is 141 cm³/mol. The predicted octanol–water partition coefficient (Wildman–Crippen LogP) is 4.08. The van der Waals surface area contributed by atoms with Crippen molar-refractivity contribution in [2.75, 3.05) is 23.2 Å². The van der Waals surface area contributed by atoms with Crippen LogP contribution in [0.25, 0.3) is 0 Å². The number of hydrogen-bond acceptors (Lipinski definition) is 7. The number of pyridine rings is 1. The zero-order valence-corrected chi connectivity index (χ0v) is 23.6. The number of nitrogens with zero attached hydrogens (tertiary/aromatic N) is 4. The largest absolute Gasteiger partial charge is 0.490 e. The van der Waals surface area contributed by atoms with Gasteiger partial charge in [-0.25, -0.2) is 27.4 Å². The molecule has 0 atom stereocenters. The van der Waals surface area contributed by atoms with Crippen LogP contribution in [0.3, 0.4) is 0 Å². The molecule has 3 N–H and O–H groups in total. The molecule has 2 heterocycles. The van der Waals surface area contributed by atoms with Crippen LogP contribution >= 0.6 is 0 Å². The van der Waals surface area contributed by atoms with E-state index in [-0.39, 0.29) is 22.0 Å². The highest BCUT2D eigenvalue weighted by Crippen LogP contribution is 2.25. The first-order valence-electron chi connectivity index (χ1n) is 11.9. The summed E-state index contributed by atoms with van der Waals surface area (Å²) >= 11 is 0. The number of rotatable bonds is 9. The molecule has 3 aromatic rings. The highest BCUT2D eigenvalue weighted by Gasteiger charge is 2.38. The van der Waals surface area contributed by atoms with E-state index in [0.29, 0.717) is 12.1 Å². The summed E-state index contributed by atoms with van der Waals surface area (Å²) < 4.78 is 74.9. The second-order valence-electron chi connectivity index (χ2n) is 9.02. The average Bonchev–Trinajstić information content (AvgIpc) is 3.10. The zero-order valence-electron chi connectivity index (χ0n) is 22.7. The van der Waals surface area contributed by atoms with Crippen molar-refractivity contribution in [2.24, 2.45) is 7.05 Å². The minimum absolute atomic E-state index is 0.0279. The fourth-order valence-corrected chi connectivity index (χ4v) is 5.12. The van der Waals surface area contributed by atoms with E-state index in [2.05, 4.69) is 14.8 Å². The van der Waals surface area contributed by atoms with Crippen LogP contribution < -0.4 is 9.62 Å². The van der Waals surface area contributed by atoms with Crippen LogP contribution in [0.1, 0.15) is 39.3 Å². The number of aromatic nitrogens is 3. The number of carboxylic acids is 2. The van der Waals surface area contributed by atoms with Gasteiger partial charge in [-0.15, -0.1) is 0 Å². The molecule has 0 amide bonds. The third-order valence-corrected chi connectivity index (χ3v) is 7.50. The summed E-state index contributed by atoms with van der Waals surface area (Å²) in [4.78, 5) is 26.5. The quantitative estimate of drug-likeness (QED) is 0.307. The number of aryl methyl sites for hydroxylation is 3. The van der Waals surface area contributed by atoms with Crippen LogP contribution in [0.5, 0.6) is 0 Å². The van der Waals surface area contributed by atoms with Gasteiger partial charge >= 0.3 is 18.1 Å². The molecule has 0 unspecified atom stereocenters. The Morgan fingerprint density at radius 2 is 1.73 bits per heavy atom. The monoisotopic (exact) mass is 603 g/mol. The molecule has 2 aromatic heterocycles. The molecule has 41 heavy (non-hydrogen) atoms. The van der Waals surface area contributed by atoms with Crippen molar-refractivity contribution in [3.05, 3.63) is 64.4 Å². The average molecular weight is 604 g/mol. The standard InChI is InChI=1S/C23H28FN5O4S.C2HF3O2/c1-14-8-9-17(24)11-21(14)34(32,33)27-18-12-20(23(30)31)22(25-13-18)28(4)10-6-7-19-15(2)26-29(5)16(19)3;3-2(4,5)1(6)7/h8-9,11-13,27H,6-7,10H2,1-5H3,(H,30,31);(H,6,7). The molecule has 0 saturated heterocycles. The molecule has 11 nitrogen and oxygen atoms in total. The van der Waals surface area contributed by atoms with Gasteiger partial charge in [0, 0.05) is 26.3 Å². The Labute approximate surface area is 233 Å². The number of anilines is 2. The Morgan fingerprint density at radius 1 is 1.12 bits per heavy atom. The normalized spacial score (nSPS) is 11.4. The van der Waals surface area contributed by atoms with Gasteiger partial charge in [0.05, 0.1) is 22.5 Å². The number of carbonyl (C=O) groups is 2. The number of alkyl halides is 3. The number of carboxylic acid groups (broad SMARTS) is 2. The van der Waals surface area contributed by atoms with Crippen molar-refractivity contribution in [1.29, 1.82) is 0 Å². The lowest BCUT2D eigenvalue weighted by Gasteiger charge is -2.21. The van der Waals surface area contributed by atoms with Gasteiger partial charge in [0.25, 0.3) is 10.0 Å². The van der Waals surface area contributed by atoms with Gasteiger partial charge in [0.15, 0.2) is 0 Å². The first-order valence-corrected chi connectivity index (χ1v) is 13.4. The molecule has 0 radical (unpaired) electrons. The van der Waals surface area contributed by atoms with Gasteiger partial charge in [-0.05, 0) is 62.9 Å². The lowest BCUT2D eigenvalue weighted by atomic mass is 10.1. The second kappa shape index (κ2) is 13.0. The Hall–Kier alpha value is -4.21. The van der Waals surface area contributed by atoms with E-state index in [4.69, 9.17) is 9.90 Å². The molecule has 0 saturated carbocycles. The molecule has 0 fully saturated rings. The smallest absolute Gasteiger partial charge is 0.478 e. The van der Waals surface area contributed by atoms with Crippen molar-refractivity contribution in [1.82, 2.24) is 14.8 Å². The molecule has 224 valence electrons. The maximum absolute atomic E-state index is 13.6. The number of halogens is 4. The van der Waals surface area contributed by atoms with Crippen LogP contribution in [0, 0.1) is 26.6 Å². The fourth-order valence-electron chi connectivity index (χ4n) is 3.83. The van der Waals surface area contributed by atoms with Crippen molar-refractivity contribution < 1.29 is 45.8 Å². The van der Waals surface area contributed by atoms with Crippen LogP contribution in [0.15, 0.2) is 35.4 Å². The maximum atomic E-state index is 13.6. The second-order valence-corrected chi connectivity index (χ2v) is 10.7. The maximum Gasteiger partial charge on any atom is 0.490 e. The SMILES string of the molecule is Cc1ccc(F)cc1S(=O)(=O)Nc1cnc(N(C)CCCc2c(C)nn(C)c2C)c(C(=O)O)c1.O=C(O)C(F)(F)F. The summed E-state index contributed by atoms with van der Waals surface area (Å²) in [5, 5.41) is 21.2. The molecular formula is C25H29F4N5O6S. The van der Waals surface area contributed by atoms with Gasteiger partial charge in [-0.2, -0.15) is 18.3 Å². The Kier molecular flexibility index (Phi) is 10.4. The minimum atomic E-state index is -5.08. The number of aromatic carboxylic acids is 1. The van der Waals surface area contributed by atoms with Crippen LogP contribution in [-0.2, 0) is 28.3 Å². The lowest BCUT2D eigenvalue weighted by molar-refractivity contribution is -0.192. The minimum Gasteiger partial charge on any atom is -0.478 e. The Bertz CT molecular complexity index is 1540. The number of sulfonamides is 1. The fraction of sp³-hybridized carbons (Fsp3) is 0.360. The molecule has 1 aromatic carbocycles. The molecule has 0 aliphatic carbocycles. The van der Waals surface area contributed by atoms with Crippen molar-refractivity contribution in [3.63, 3.8) is 0 Å². The van der Waals surface area contributed by atoms with Crippen molar-refractivity contribution >= 4 is 33.5 Å². The summed E-state index contributed by atoms with van der Waals surface area (Å²) in [6.45, 7) is 6.05. The third-order valence-electron chi connectivity index (χ3n) is 5.97. The van der Waals surface area contributed by atoms with E-state index in [9.17, 15) is 35.9 Å². The van der Waals surface area contributed by atoms with Crippen molar-refractivity contribution in [2.45, 2.75) is 44.7 Å². The molecule has 3 rings (SSSR count). The van der Waals surface area contributed by atoms with Gasteiger partial charge in [0.1, 0.15) is 17.2 Å². The highest BCUT2D eigenvalue weighted by molar-refractivity contribution is 7.92. The highest BCUT2D eigenvalue weighted by atomic mass is 32.2. The lowest BCUT2D eigenvalue weighted by Crippen LogP contribution is -2.23. The van der Waals surface area contributed by atoms with Gasteiger partial charge in [0.2, 0.25) is 0 Å². The number of hydrogen-bond donors (Lipinski definition) is 3.